The molecule has 1 heterocycles. The molecule has 0 fully saturated rings. The molecule has 0 aromatic heterocycles. The van der Waals surface area contributed by atoms with E-state index in [0.29, 0.717) is 5.70 Å². The topological polar surface area (TPSA) is 50.7 Å². The van der Waals surface area contributed by atoms with Gasteiger partial charge in [-0.3, -0.25) is 5.43 Å². The van der Waals surface area contributed by atoms with Crippen LogP contribution in [0.3, 0.4) is 0 Å². The molecule has 0 radical (unpaired) electrons. The standard InChI is InChI=1S/C10H14N2O2/c1-10(2,3)14-9(13)8-6-4-5-7-11-12-8/h4-7,12H,1-3H3. The summed E-state index contributed by atoms with van der Waals surface area (Å²) in [5, 5.41) is 3.77. The van der Waals surface area contributed by atoms with Crippen molar-refractivity contribution in [3.05, 3.63) is 23.9 Å². The number of carbonyl (C=O) groups is 1. The van der Waals surface area contributed by atoms with E-state index in [1.165, 1.54) is 0 Å². The van der Waals surface area contributed by atoms with Crippen molar-refractivity contribution >= 4 is 12.2 Å². The summed E-state index contributed by atoms with van der Waals surface area (Å²) in [7, 11) is 0. The number of carbonyl (C=O) groups excluding carboxylic acids is 1. The molecule has 0 bridgehead atoms. The first-order valence-electron chi connectivity index (χ1n) is 4.38. The van der Waals surface area contributed by atoms with Crippen LogP contribution >= 0.6 is 0 Å². The summed E-state index contributed by atoms with van der Waals surface area (Å²) >= 11 is 0. The zero-order chi connectivity index (χ0) is 10.6. The van der Waals surface area contributed by atoms with Gasteiger partial charge in [0, 0.05) is 6.21 Å². The van der Waals surface area contributed by atoms with Gasteiger partial charge in [0.1, 0.15) is 11.3 Å². The maximum atomic E-state index is 11.5. The number of allylic oxidation sites excluding steroid dienone is 3. The summed E-state index contributed by atoms with van der Waals surface area (Å²) in [6, 6.07) is 0. The van der Waals surface area contributed by atoms with E-state index in [-0.39, 0.29) is 0 Å². The summed E-state index contributed by atoms with van der Waals surface area (Å²) < 4.78 is 5.16. The molecule has 0 unspecified atom stereocenters. The summed E-state index contributed by atoms with van der Waals surface area (Å²) in [6.45, 7) is 5.46. The molecule has 1 N–H and O–H groups in total. The van der Waals surface area contributed by atoms with Crippen molar-refractivity contribution in [1.29, 1.82) is 0 Å². The van der Waals surface area contributed by atoms with Crippen molar-refractivity contribution < 1.29 is 9.53 Å². The molecule has 0 aromatic rings. The molecule has 1 aliphatic heterocycles. The van der Waals surface area contributed by atoms with Gasteiger partial charge in [-0.1, -0.05) is 6.08 Å². The van der Waals surface area contributed by atoms with Gasteiger partial charge in [-0.25, -0.2) is 4.79 Å². The minimum atomic E-state index is -0.487. The van der Waals surface area contributed by atoms with Gasteiger partial charge in [-0.2, -0.15) is 5.10 Å². The highest BCUT2D eigenvalue weighted by molar-refractivity contribution is 5.89. The van der Waals surface area contributed by atoms with Crippen LogP contribution in [0, 0.1) is 0 Å². The summed E-state index contributed by atoms with van der Waals surface area (Å²) in [5.41, 5.74) is 2.45. The Morgan fingerprint density at radius 1 is 1.43 bits per heavy atom. The van der Waals surface area contributed by atoms with Crippen molar-refractivity contribution in [1.82, 2.24) is 5.43 Å². The molecule has 0 aromatic carbocycles. The number of nitrogens with zero attached hydrogens (tertiary/aromatic N) is 1. The molecule has 0 aliphatic carbocycles. The fourth-order valence-corrected chi connectivity index (χ4v) is 0.835. The van der Waals surface area contributed by atoms with Gasteiger partial charge in [0.05, 0.1) is 0 Å². The van der Waals surface area contributed by atoms with E-state index in [1.807, 2.05) is 20.8 Å². The predicted molar refractivity (Wildman–Crippen MR) is 54.7 cm³/mol. The molecule has 0 amide bonds. The lowest BCUT2D eigenvalue weighted by atomic mass is 10.2. The highest BCUT2D eigenvalue weighted by Gasteiger charge is 2.19. The van der Waals surface area contributed by atoms with E-state index in [4.69, 9.17) is 4.74 Å². The van der Waals surface area contributed by atoms with Crippen LogP contribution in [0.2, 0.25) is 0 Å². The van der Waals surface area contributed by atoms with E-state index in [1.54, 1.807) is 24.4 Å². The van der Waals surface area contributed by atoms with Crippen LogP contribution in [0.25, 0.3) is 0 Å². The van der Waals surface area contributed by atoms with Crippen LogP contribution in [-0.2, 0) is 9.53 Å². The van der Waals surface area contributed by atoms with Crippen LogP contribution in [0.15, 0.2) is 29.0 Å². The lowest BCUT2D eigenvalue weighted by molar-refractivity contribution is -0.150. The third kappa shape index (κ3) is 3.43. The SMILES string of the molecule is CC(C)(C)OC(=O)C1=CC=CC=NN1. The van der Waals surface area contributed by atoms with Crippen LogP contribution in [0.5, 0.6) is 0 Å². The van der Waals surface area contributed by atoms with Gasteiger partial charge in [0.2, 0.25) is 0 Å². The van der Waals surface area contributed by atoms with Crippen molar-refractivity contribution in [3.63, 3.8) is 0 Å². The minimum absolute atomic E-state index is 0.338. The zero-order valence-electron chi connectivity index (χ0n) is 8.57. The van der Waals surface area contributed by atoms with Crippen LogP contribution in [0.1, 0.15) is 20.8 Å². The molecular formula is C10H14N2O2. The fraction of sp³-hybridized carbons (Fsp3) is 0.400. The van der Waals surface area contributed by atoms with Gasteiger partial charge < -0.3 is 4.74 Å². The van der Waals surface area contributed by atoms with Crippen molar-refractivity contribution in [2.45, 2.75) is 26.4 Å². The summed E-state index contributed by atoms with van der Waals surface area (Å²) in [4.78, 5) is 11.5. The Labute approximate surface area is 83.3 Å². The van der Waals surface area contributed by atoms with E-state index in [9.17, 15) is 4.79 Å². The first kappa shape index (κ1) is 10.5. The molecule has 76 valence electrons. The zero-order valence-corrected chi connectivity index (χ0v) is 8.57. The van der Waals surface area contributed by atoms with Crippen LogP contribution in [-0.4, -0.2) is 17.8 Å². The Hall–Kier alpha value is -1.58. The number of hydrogen-bond donors (Lipinski definition) is 1. The Morgan fingerprint density at radius 3 is 2.79 bits per heavy atom. The van der Waals surface area contributed by atoms with E-state index >= 15 is 0 Å². The average Bonchev–Trinajstić information content (AvgIpc) is 2.27. The van der Waals surface area contributed by atoms with Crippen LogP contribution < -0.4 is 5.43 Å². The van der Waals surface area contributed by atoms with E-state index < -0.39 is 11.6 Å². The summed E-state index contributed by atoms with van der Waals surface area (Å²) in [6.07, 6.45) is 6.64. The van der Waals surface area contributed by atoms with Gasteiger partial charge in [0.25, 0.3) is 0 Å². The van der Waals surface area contributed by atoms with Gasteiger partial charge >= 0.3 is 5.97 Å². The Kier molecular flexibility index (Phi) is 3.06. The Balaban J connectivity index is 2.66. The minimum Gasteiger partial charge on any atom is -0.455 e. The van der Waals surface area contributed by atoms with Crippen molar-refractivity contribution in [3.8, 4) is 0 Å². The number of ether oxygens (including phenoxy) is 1. The lowest BCUT2D eigenvalue weighted by Crippen LogP contribution is -2.28. The number of esters is 1. The molecule has 4 heteroatoms. The molecule has 14 heavy (non-hydrogen) atoms. The predicted octanol–water partition coefficient (Wildman–Crippen LogP) is 1.36. The second-order valence-electron chi connectivity index (χ2n) is 3.86. The van der Waals surface area contributed by atoms with Crippen molar-refractivity contribution in [2.75, 3.05) is 0 Å². The molecule has 1 aliphatic rings. The fourth-order valence-electron chi connectivity index (χ4n) is 0.835. The van der Waals surface area contributed by atoms with E-state index in [0.717, 1.165) is 0 Å². The molecule has 0 spiro atoms. The van der Waals surface area contributed by atoms with Gasteiger partial charge in [0.15, 0.2) is 0 Å². The number of rotatable bonds is 1. The summed E-state index contributed by atoms with van der Waals surface area (Å²) in [5.74, 6) is -0.402. The molecular weight excluding hydrogens is 180 g/mol. The normalized spacial score (nSPS) is 15.5. The third-order valence-corrected chi connectivity index (χ3v) is 1.34. The molecule has 4 nitrogen and oxygen atoms in total. The second kappa shape index (κ2) is 4.09. The highest BCUT2D eigenvalue weighted by atomic mass is 16.6. The monoisotopic (exact) mass is 194 g/mol. The van der Waals surface area contributed by atoms with E-state index in [2.05, 4.69) is 10.5 Å². The van der Waals surface area contributed by atoms with Gasteiger partial charge in [-0.05, 0) is 32.9 Å². The number of nitrogens with one attached hydrogen (secondary N) is 1. The van der Waals surface area contributed by atoms with Crippen molar-refractivity contribution in [2.24, 2.45) is 5.10 Å². The number of hydrogen-bond acceptors (Lipinski definition) is 4. The Bertz CT molecular complexity index is 309. The van der Waals surface area contributed by atoms with Gasteiger partial charge in [-0.15, -0.1) is 0 Å². The quantitative estimate of drug-likeness (QED) is 0.641. The molecule has 1 rings (SSSR count). The maximum Gasteiger partial charge on any atom is 0.356 e. The highest BCUT2D eigenvalue weighted by Crippen LogP contribution is 2.10. The second-order valence-corrected chi connectivity index (χ2v) is 3.86. The first-order valence-corrected chi connectivity index (χ1v) is 4.38. The molecule has 0 atom stereocenters. The largest absolute Gasteiger partial charge is 0.455 e. The molecule has 0 saturated heterocycles. The van der Waals surface area contributed by atoms with Crippen LogP contribution in [0.4, 0.5) is 0 Å². The molecule has 0 saturated carbocycles. The third-order valence-electron chi connectivity index (χ3n) is 1.34. The average molecular weight is 194 g/mol. The smallest absolute Gasteiger partial charge is 0.356 e. The number of hydrazone groups is 1. The lowest BCUT2D eigenvalue weighted by Gasteiger charge is -2.19. The Morgan fingerprint density at radius 2 is 2.14 bits per heavy atom. The first-order chi connectivity index (χ1) is 6.49. The maximum absolute atomic E-state index is 11.5.